The summed E-state index contributed by atoms with van der Waals surface area (Å²) in [5.41, 5.74) is 2.53. The van der Waals surface area contributed by atoms with E-state index in [1.54, 1.807) is 6.07 Å². The Morgan fingerprint density at radius 3 is 2.42 bits per heavy atom. The van der Waals surface area contributed by atoms with Crippen molar-refractivity contribution in [2.45, 2.75) is 63.7 Å². The maximum Gasteiger partial charge on any atom is 0.191 e. The molecule has 0 spiro atoms. The van der Waals surface area contributed by atoms with Gasteiger partial charge in [-0.1, -0.05) is 42.5 Å². The molecule has 2 aliphatic heterocycles. The highest BCUT2D eigenvalue weighted by molar-refractivity contribution is 14.0. The van der Waals surface area contributed by atoms with E-state index in [2.05, 4.69) is 52.8 Å². The van der Waals surface area contributed by atoms with Crippen LogP contribution in [0.5, 0.6) is 5.75 Å². The van der Waals surface area contributed by atoms with Crippen molar-refractivity contribution in [3.8, 4) is 5.75 Å². The third kappa shape index (κ3) is 6.59. The molecule has 0 saturated carbocycles. The second kappa shape index (κ2) is 11.7. The first-order chi connectivity index (χ1) is 14.7. The summed E-state index contributed by atoms with van der Waals surface area (Å²) in [6.45, 7) is 4.75. The molecule has 0 aliphatic carbocycles. The number of piperidine rings is 1. The number of hydrogen-bond acceptors (Lipinski definition) is 3. The minimum Gasteiger partial charge on any atom is -0.508 e. The van der Waals surface area contributed by atoms with Gasteiger partial charge < -0.3 is 15.7 Å². The van der Waals surface area contributed by atoms with E-state index >= 15 is 0 Å². The molecule has 2 bridgehead atoms. The molecular formula is C25H35IN4O. The van der Waals surface area contributed by atoms with Gasteiger partial charge in [0.15, 0.2) is 5.96 Å². The zero-order valence-electron chi connectivity index (χ0n) is 18.3. The smallest absolute Gasteiger partial charge is 0.191 e. The van der Waals surface area contributed by atoms with E-state index in [9.17, 15) is 5.11 Å². The summed E-state index contributed by atoms with van der Waals surface area (Å²) < 4.78 is 0. The molecule has 2 fully saturated rings. The Balaban J connectivity index is 0.00000272. The van der Waals surface area contributed by atoms with Crippen LogP contribution in [0.15, 0.2) is 59.6 Å². The Bertz CT molecular complexity index is 830. The molecule has 2 heterocycles. The lowest BCUT2D eigenvalue weighted by atomic mass is 9.96. The van der Waals surface area contributed by atoms with Crippen LogP contribution in [0.3, 0.4) is 0 Å². The van der Waals surface area contributed by atoms with Crippen LogP contribution in [-0.2, 0) is 13.0 Å². The Morgan fingerprint density at radius 1 is 1.03 bits per heavy atom. The number of nitrogens with zero attached hydrogens (tertiary/aromatic N) is 2. The molecule has 3 N–H and O–H groups in total. The molecule has 2 aliphatic rings. The van der Waals surface area contributed by atoms with E-state index in [4.69, 9.17) is 4.99 Å². The predicted octanol–water partition coefficient (Wildman–Crippen LogP) is 4.30. The van der Waals surface area contributed by atoms with Crippen LogP contribution in [0.25, 0.3) is 0 Å². The van der Waals surface area contributed by atoms with Gasteiger partial charge in [-0.05, 0) is 62.3 Å². The van der Waals surface area contributed by atoms with Crippen molar-refractivity contribution in [2.75, 3.05) is 13.1 Å². The third-order valence-corrected chi connectivity index (χ3v) is 6.36. The van der Waals surface area contributed by atoms with E-state index in [-0.39, 0.29) is 24.0 Å². The van der Waals surface area contributed by atoms with Gasteiger partial charge in [0.05, 0.1) is 0 Å². The number of halogens is 1. The second-order valence-corrected chi connectivity index (χ2v) is 8.54. The summed E-state index contributed by atoms with van der Waals surface area (Å²) >= 11 is 0. The SMILES string of the molecule is CCNC(=NCCc1cccc(O)c1)NC1CC2CCC(C1)N2Cc1ccccc1.I. The van der Waals surface area contributed by atoms with E-state index in [0.717, 1.165) is 31.0 Å². The molecule has 2 atom stereocenters. The molecule has 168 valence electrons. The number of rotatable bonds is 7. The van der Waals surface area contributed by atoms with Gasteiger partial charge >= 0.3 is 0 Å². The number of aromatic hydroxyl groups is 1. The number of phenols is 1. The Morgan fingerprint density at radius 2 is 1.74 bits per heavy atom. The first kappa shape index (κ1) is 23.9. The summed E-state index contributed by atoms with van der Waals surface area (Å²) in [5.74, 6) is 1.23. The Kier molecular flexibility index (Phi) is 9.02. The van der Waals surface area contributed by atoms with Crippen LogP contribution in [0.4, 0.5) is 0 Å². The fourth-order valence-electron chi connectivity index (χ4n) is 4.97. The van der Waals surface area contributed by atoms with Crippen molar-refractivity contribution in [3.05, 3.63) is 65.7 Å². The predicted molar refractivity (Wildman–Crippen MR) is 138 cm³/mol. The zero-order valence-corrected chi connectivity index (χ0v) is 20.7. The van der Waals surface area contributed by atoms with Crippen LogP contribution in [0.1, 0.15) is 43.7 Å². The lowest BCUT2D eigenvalue weighted by Gasteiger charge is -2.39. The lowest BCUT2D eigenvalue weighted by Crippen LogP contribution is -2.52. The van der Waals surface area contributed by atoms with E-state index in [0.29, 0.717) is 30.4 Å². The molecule has 0 amide bonds. The summed E-state index contributed by atoms with van der Waals surface area (Å²) in [7, 11) is 0. The van der Waals surface area contributed by atoms with E-state index in [1.165, 1.54) is 31.2 Å². The largest absolute Gasteiger partial charge is 0.508 e. The molecule has 2 aromatic rings. The average molecular weight is 534 g/mol. The van der Waals surface area contributed by atoms with Gasteiger partial charge in [-0.2, -0.15) is 0 Å². The highest BCUT2D eigenvalue weighted by Gasteiger charge is 2.40. The summed E-state index contributed by atoms with van der Waals surface area (Å²) in [5, 5.41) is 16.7. The number of fused-ring (bicyclic) bond motifs is 2. The number of aliphatic imine (C=N–C) groups is 1. The topological polar surface area (TPSA) is 59.9 Å². The first-order valence-electron chi connectivity index (χ1n) is 11.3. The maximum absolute atomic E-state index is 9.63. The number of nitrogens with one attached hydrogen (secondary N) is 2. The molecule has 2 saturated heterocycles. The molecule has 5 nitrogen and oxygen atoms in total. The van der Waals surface area contributed by atoms with Gasteiger partial charge in [0, 0.05) is 37.8 Å². The molecule has 2 aromatic carbocycles. The van der Waals surface area contributed by atoms with Gasteiger partial charge in [0.2, 0.25) is 0 Å². The van der Waals surface area contributed by atoms with Crippen molar-refractivity contribution in [1.29, 1.82) is 0 Å². The van der Waals surface area contributed by atoms with Crippen molar-refractivity contribution in [1.82, 2.24) is 15.5 Å². The van der Waals surface area contributed by atoms with E-state index < -0.39 is 0 Å². The highest BCUT2D eigenvalue weighted by atomic mass is 127. The van der Waals surface area contributed by atoms with Crippen molar-refractivity contribution in [2.24, 2.45) is 4.99 Å². The Hall–Kier alpha value is -1.80. The standard InChI is InChI=1S/C25H34N4O.HI/c1-2-26-25(27-14-13-19-9-6-10-24(30)15-19)28-21-16-22-11-12-23(17-21)29(22)18-20-7-4-3-5-8-20;/h3-10,15,21-23,30H,2,11-14,16-18H2,1H3,(H2,26,27,28);1H. The monoisotopic (exact) mass is 534 g/mol. The molecular weight excluding hydrogens is 499 g/mol. The molecule has 0 radical (unpaired) electrons. The van der Waals surface area contributed by atoms with Crippen LogP contribution < -0.4 is 10.6 Å². The van der Waals surface area contributed by atoms with Crippen LogP contribution in [-0.4, -0.2) is 47.2 Å². The fraction of sp³-hybridized carbons (Fsp3) is 0.480. The quantitative estimate of drug-likeness (QED) is 0.282. The van der Waals surface area contributed by atoms with Gasteiger partial charge in [0.1, 0.15) is 5.75 Å². The highest BCUT2D eigenvalue weighted by Crippen LogP contribution is 2.36. The number of guanidine groups is 1. The van der Waals surface area contributed by atoms with Gasteiger partial charge in [0.25, 0.3) is 0 Å². The van der Waals surface area contributed by atoms with Crippen molar-refractivity contribution in [3.63, 3.8) is 0 Å². The third-order valence-electron chi connectivity index (χ3n) is 6.36. The number of benzene rings is 2. The fourth-order valence-corrected chi connectivity index (χ4v) is 4.97. The molecule has 31 heavy (non-hydrogen) atoms. The van der Waals surface area contributed by atoms with Crippen LogP contribution in [0.2, 0.25) is 0 Å². The molecule has 4 rings (SSSR count). The molecule has 6 heteroatoms. The van der Waals surface area contributed by atoms with Gasteiger partial charge in [-0.15, -0.1) is 24.0 Å². The first-order valence-corrected chi connectivity index (χ1v) is 11.3. The van der Waals surface area contributed by atoms with Crippen LogP contribution in [0, 0.1) is 0 Å². The zero-order chi connectivity index (χ0) is 20.8. The van der Waals surface area contributed by atoms with E-state index in [1.807, 2.05) is 18.2 Å². The normalized spacial score (nSPS) is 23.3. The lowest BCUT2D eigenvalue weighted by molar-refractivity contribution is 0.114. The summed E-state index contributed by atoms with van der Waals surface area (Å²) in [4.78, 5) is 7.51. The Labute approximate surface area is 203 Å². The second-order valence-electron chi connectivity index (χ2n) is 8.54. The molecule has 2 unspecified atom stereocenters. The van der Waals surface area contributed by atoms with Crippen molar-refractivity contribution < 1.29 is 5.11 Å². The summed E-state index contributed by atoms with van der Waals surface area (Å²) in [6, 6.07) is 20.1. The van der Waals surface area contributed by atoms with Crippen LogP contribution >= 0.6 is 24.0 Å². The minimum atomic E-state index is 0. The average Bonchev–Trinajstić information content (AvgIpc) is 2.97. The molecule has 0 aromatic heterocycles. The number of hydrogen-bond donors (Lipinski definition) is 3. The maximum atomic E-state index is 9.63. The number of phenolic OH excluding ortho intramolecular Hbond substituents is 1. The van der Waals surface area contributed by atoms with Gasteiger partial charge in [-0.3, -0.25) is 9.89 Å². The minimum absolute atomic E-state index is 0. The van der Waals surface area contributed by atoms with Gasteiger partial charge in [-0.25, -0.2) is 0 Å². The summed E-state index contributed by atoms with van der Waals surface area (Å²) in [6.07, 6.45) is 5.80. The van der Waals surface area contributed by atoms with Crippen molar-refractivity contribution >= 4 is 29.9 Å².